The molecule has 1 N–H and O–H groups in total. The number of hydrogen-bond acceptors (Lipinski definition) is 7. The highest BCUT2D eigenvalue weighted by molar-refractivity contribution is 7.22. The second kappa shape index (κ2) is 5.68. The minimum atomic E-state index is -0.0813. The molecule has 0 amide bonds. The van der Waals surface area contributed by atoms with E-state index in [9.17, 15) is 0 Å². The van der Waals surface area contributed by atoms with Crippen LogP contribution in [0.4, 0.5) is 5.13 Å². The van der Waals surface area contributed by atoms with Crippen molar-refractivity contribution in [2.45, 2.75) is 40.2 Å². The van der Waals surface area contributed by atoms with Crippen LogP contribution in [0.2, 0.25) is 0 Å². The van der Waals surface area contributed by atoms with Crippen molar-refractivity contribution < 1.29 is 4.52 Å². The zero-order valence-corrected chi connectivity index (χ0v) is 14.2. The van der Waals surface area contributed by atoms with Gasteiger partial charge in [0.25, 0.3) is 0 Å². The molecule has 7 nitrogen and oxygen atoms in total. The van der Waals surface area contributed by atoms with Crippen LogP contribution in [0.15, 0.2) is 4.52 Å². The van der Waals surface area contributed by atoms with Gasteiger partial charge in [-0.15, -0.1) is 0 Å². The van der Waals surface area contributed by atoms with Crippen LogP contribution in [0.3, 0.4) is 0 Å². The van der Waals surface area contributed by atoms with E-state index >= 15 is 0 Å². The third kappa shape index (κ3) is 2.83. The Bertz CT molecular complexity index is 752. The second-order valence-electron chi connectivity index (χ2n) is 5.89. The van der Waals surface area contributed by atoms with E-state index in [0.717, 1.165) is 33.4 Å². The van der Waals surface area contributed by atoms with Crippen LogP contribution in [0.5, 0.6) is 0 Å². The highest BCUT2D eigenvalue weighted by Gasteiger charge is 2.18. The fourth-order valence-corrected chi connectivity index (χ4v) is 3.30. The molecule has 0 fully saturated rings. The average molecular weight is 320 g/mol. The molecular formula is C14H20N6OS. The van der Waals surface area contributed by atoms with Gasteiger partial charge in [0.05, 0.1) is 10.4 Å². The van der Waals surface area contributed by atoms with Gasteiger partial charge in [-0.05, 0) is 19.8 Å². The highest BCUT2D eigenvalue weighted by Crippen LogP contribution is 2.30. The van der Waals surface area contributed by atoms with Crippen molar-refractivity contribution in [3.05, 3.63) is 17.4 Å². The SMILES string of the molecule is Cc1nn(C)c2nc(N[C@@H](C)c3nc(CC(C)C)no3)sc12. The molecule has 3 heterocycles. The Kier molecular flexibility index (Phi) is 3.86. The summed E-state index contributed by atoms with van der Waals surface area (Å²) in [6.07, 6.45) is 0.822. The number of anilines is 1. The molecule has 0 unspecified atom stereocenters. The molecule has 0 radical (unpaired) electrons. The number of nitrogens with one attached hydrogen (secondary N) is 1. The number of aryl methyl sites for hydroxylation is 2. The normalized spacial score (nSPS) is 13.2. The van der Waals surface area contributed by atoms with E-state index in [-0.39, 0.29) is 6.04 Å². The predicted octanol–water partition coefficient (Wildman–Crippen LogP) is 3.09. The summed E-state index contributed by atoms with van der Waals surface area (Å²) in [4.78, 5) is 9.01. The van der Waals surface area contributed by atoms with Gasteiger partial charge < -0.3 is 9.84 Å². The van der Waals surface area contributed by atoms with Gasteiger partial charge in [0.15, 0.2) is 16.6 Å². The number of fused-ring (bicyclic) bond motifs is 1. The topological polar surface area (TPSA) is 81.7 Å². The molecule has 0 saturated carbocycles. The zero-order valence-electron chi connectivity index (χ0n) is 13.4. The lowest BCUT2D eigenvalue weighted by Crippen LogP contribution is -2.07. The quantitative estimate of drug-likeness (QED) is 0.778. The lowest BCUT2D eigenvalue weighted by Gasteiger charge is -2.07. The Morgan fingerprint density at radius 2 is 2.05 bits per heavy atom. The van der Waals surface area contributed by atoms with Gasteiger partial charge in [-0.3, -0.25) is 0 Å². The Hall–Kier alpha value is -1.96. The number of rotatable bonds is 5. The molecule has 0 aliphatic heterocycles. The third-order valence-electron chi connectivity index (χ3n) is 3.33. The van der Waals surface area contributed by atoms with Gasteiger partial charge in [0.2, 0.25) is 5.89 Å². The summed E-state index contributed by atoms with van der Waals surface area (Å²) in [5.41, 5.74) is 1.89. The van der Waals surface area contributed by atoms with Crippen molar-refractivity contribution in [2.24, 2.45) is 13.0 Å². The fraction of sp³-hybridized carbons (Fsp3) is 0.571. The molecule has 118 valence electrons. The van der Waals surface area contributed by atoms with Crippen LogP contribution in [0.25, 0.3) is 10.3 Å². The first kappa shape index (κ1) is 15.0. The molecule has 3 aromatic rings. The Morgan fingerprint density at radius 1 is 1.27 bits per heavy atom. The minimum absolute atomic E-state index is 0.0813. The molecule has 0 aliphatic carbocycles. The fourth-order valence-electron chi connectivity index (χ4n) is 2.28. The lowest BCUT2D eigenvalue weighted by atomic mass is 10.1. The van der Waals surface area contributed by atoms with Gasteiger partial charge in [0, 0.05) is 13.5 Å². The summed E-state index contributed by atoms with van der Waals surface area (Å²) in [7, 11) is 1.90. The maximum atomic E-state index is 5.34. The van der Waals surface area contributed by atoms with Gasteiger partial charge in [-0.1, -0.05) is 30.3 Å². The van der Waals surface area contributed by atoms with E-state index < -0.39 is 0 Å². The summed E-state index contributed by atoms with van der Waals surface area (Å²) in [6, 6.07) is -0.0813. The van der Waals surface area contributed by atoms with Gasteiger partial charge >= 0.3 is 0 Å². The maximum Gasteiger partial charge on any atom is 0.248 e. The van der Waals surface area contributed by atoms with Crippen LogP contribution >= 0.6 is 11.3 Å². The van der Waals surface area contributed by atoms with Crippen molar-refractivity contribution in [1.29, 1.82) is 0 Å². The molecule has 1 atom stereocenters. The first-order valence-electron chi connectivity index (χ1n) is 7.33. The third-order valence-corrected chi connectivity index (χ3v) is 4.41. The maximum absolute atomic E-state index is 5.34. The van der Waals surface area contributed by atoms with E-state index in [1.165, 1.54) is 0 Å². The zero-order chi connectivity index (χ0) is 15.9. The summed E-state index contributed by atoms with van der Waals surface area (Å²) in [5.74, 6) is 1.85. The van der Waals surface area contributed by atoms with E-state index in [1.54, 1.807) is 16.0 Å². The Morgan fingerprint density at radius 3 is 2.73 bits per heavy atom. The minimum Gasteiger partial charge on any atom is -0.350 e. The lowest BCUT2D eigenvalue weighted by molar-refractivity contribution is 0.361. The number of aromatic nitrogens is 5. The van der Waals surface area contributed by atoms with Crippen molar-refractivity contribution in [3.63, 3.8) is 0 Å². The number of hydrogen-bond donors (Lipinski definition) is 1. The van der Waals surface area contributed by atoms with E-state index in [2.05, 4.69) is 39.4 Å². The summed E-state index contributed by atoms with van der Waals surface area (Å²) in [5, 5.41) is 12.5. The Labute approximate surface area is 132 Å². The molecule has 0 saturated heterocycles. The molecule has 0 aliphatic rings. The average Bonchev–Trinajstić information content (AvgIpc) is 3.09. The summed E-state index contributed by atoms with van der Waals surface area (Å²) in [6.45, 7) is 8.25. The van der Waals surface area contributed by atoms with Crippen molar-refractivity contribution in [3.8, 4) is 0 Å². The molecule has 8 heteroatoms. The molecule has 0 aromatic carbocycles. The van der Waals surface area contributed by atoms with Crippen molar-refractivity contribution in [1.82, 2.24) is 24.9 Å². The van der Waals surface area contributed by atoms with E-state index in [4.69, 9.17) is 4.52 Å². The van der Waals surface area contributed by atoms with Crippen molar-refractivity contribution >= 4 is 26.8 Å². The highest BCUT2D eigenvalue weighted by atomic mass is 32.1. The first-order chi connectivity index (χ1) is 10.4. The summed E-state index contributed by atoms with van der Waals surface area (Å²) < 4.78 is 8.23. The predicted molar refractivity (Wildman–Crippen MR) is 86.0 cm³/mol. The number of thiazole rings is 1. The standard InChI is InChI=1S/C14H20N6OS/c1-7(2)6-10-16-13(21-19-10)9(4)15-14-17-12-11(22-14)8(3)18-20(12)5/h7,9H,6H2,1-5H3,(H,15,17)/t9-/m0/s1. The van der Waals surface area contributed by atoms with Crippen LogP contribution in [0, 0.1) is 12.8 Å². The molecule has 0 bridgehead atoms. The molecule has 3 rings (SSSR count). The van der Waals surface area contributed by atoms with Crippen LogP contribution in [0.1, 0.15) is 44.2 Å². The monoisotopic (exact) mass is 320 g/mol. The molecular weight excluding hydrogens is 300 g/mol. The second-order valence-corrected chi connectivity index (χ2v) is 6.89. The van der Waals surface area contributed by atoms with Gasteiger partial charge in [0.1, 0.15) is 6.04 Å². The smallest absolute Gasteiger partial charge is 0.248 e. The van der Waals surface area contributed by atoms with Gasteiger partial charge in [-0.25, -0.2) is 9.67 Å². The van der Waals surface area contributed by atoms with E-state index in [1.807, 2.05) is 20.9 Å². The molecule has 0 spiro atoms. The van der Waals surface area contributed by atoms with E-state index in [0.29, 0.717) is 11.8 Å². The number of nitrogens with zero attached hydrogens (tertiary/aromatic N) is 5. The first-order valence-corrected chi connectivity index (χ1v) is 8.15. The largest absolute Gasteiger partial charge is 0.350 e. The molecule has 3 aromatic heterocycles. The van der Waals surface area contributed by atoms with Crippen LogP contribution in [-0.2, 0) is 13.5 Å². The summed E-state index contributed by atoms with van der Waals surface area (Å²) >= 11 is 1.59. The Balaban J connectivity index is 1.76. The van der Waals surface area contributed by atoms with Crippen LogP contribution < -0.4 is 5.32 Å². The molecule has 22 heavy (non-hydrogen) atoms. The van der Waals surface area contributed by atoms with Gasteiger partial charge in [-0.2, -0.15) is 10.1 Å². The van der Waals surface area contributed by atoms with Crippen molar-refractivity contribution in [2.75, 3.05) is 5.32 Å². The van der Waals surface area contributed by atoms with Crippen LogP contribution in [-0.4, -0.2) is 24.9 Å².